The van der Waals surface area contributed by atoms with Crippen LogP contribution < -0.4 is 19.5 Å². The number of carbonyl (C=O) groups is 1. The van der Waals surface area contributed by atoms with E-state index in [-0.39, 0.29) is 11.9 Å². The van der Waals surface area contributed by atoms with E-state index in [1.165, 1.54) is 19.8 Å². The second kappa shape index (κ2) is 9.99. The summed E-state index contributed by atoms with van der Waals surface area (Å²) in [5, 5.41) is 3.01. The van der Waals surface area contributed by atoms with E-state index in [9.17, 15) is 4.79 Å². The molecule has 0 aromatic heterocycles. The number of rotatable bonds is 9. The van der Waals surface area contributed by atoms with E-state index in [1.807, 2.05) is 14.1 Å². The quantitative estimate of drug-likeness (QED) is 0.717. The highest BCUT2D eigenvalue weighted by Crippen LogP contribution is 2.39. The summed E-state index contributed by atoms with van der Waals surface area (Å²) in [4.78, 5) is 14.9. The van der Waals surface area contributed by atoms with Crippen LogP contribution >= 0.6 is 0 Å². The maximum atomic E-state index is 12.8. The van der Waals surface area contributed by atoms with E-state index in [0.29, 0.717) is 29.4 Å². The second-order valence-corrected chi connectivity index (χ2v) is 6.67. The van der Waals surface area contributed by atoms with Gasteiger partial charge < -0.3 is 24.4 Å². The first-order chi connectivity index (χ1) is 13.5. The largest absolute Gasteiger partial charge is 0.493 e. The fourth-order valence-electron chi connectivity index (χ4n) is 3.14. The third-order valence-corrected chi connectivity index (χ3v) is 4.80. The van der Waals surface area contributed by atoms with Gasteiger partial charge in [-0.3, -0.25) is 4.79 Å². The molecule has 0 unspecified atom stereocenters. The van der Waals surface area contributed by atoms with Gasteiger partial charge in [-0.1, -0.05) is 31.2 Å². The van der Waals surface area contributed by atoms with Crippen LogP contribution in [0.4, 0.5) is 0 Å². The Bertz CT molecular complexity index is 788. The third kappa shape index (κ3) is 4.75. The van der Waals surface area contributed by atoms with Gasteiger partial charge in [-0.2, -0.15) is 0 Å². The molecule has 28 heavy (non-hydrogen) atoms. The number of amides is 1. The van der Waals surface area contributed by atoms with Crippen molar-refractivity contribution in [3.05, 3.63) is 53.1 Å². The van der Waals surface area contributed by atoms with Crippen molar-refractivity contribution >= 4 is 5.91 Å². The Hall–Kier alpha value is -2.73. The summed E-state index contributed by atoms with van der Waals surface area (Å²) >= 11 is 0. The summed E-state index contributed by atoms with van der Waals surface area (Å²) in [7, 11) is 8.57. The number of likely N-dealkylation sites (N-methyl/N-ethyl adjacent to an activating group) is 1. The zero-order valence-corrected chi connectivity index (χ0v) is 17.5. The summed E-state index contributed by atoms with van der Waals surface area (Å²) in [5.74, 6) is 1.04. The van der Waals surface area contributed by atoms with Crippen LogP contribution in [0.25, 0.3) is 0 Å². The van der Waals surface area contributed by atoms with Gasteiger partial charge >= 0.3 is 0 Å². The highest BCUT2D eigenvalue weighted by atomic mass is 16.5. The average Bonchev–Trinajstić information content (AvgIpc) is 2.72. The molecule has 0 aliphatic carbocycles. The Morgan fingerprint density at radius 1 is 0.964 bits per heavy atom. The lowest BCUT2D eigenvalue weighted by molar-refractivity contribution is 0.0938. The minimum atomic E-state index is -0.227. The smallest absolute Gasteiger partial charge is 0.255 e. The van der Waals surface area contributed by atoms with Gasteiger partial charge in [-0.25, -0.2) is 0 Å². The molecule has 1 N–H and O–H groups in total. The Labute approximate surface area is 167 Å². The van der Waals surface area contributed by atoms with Crippen molar-refractivity contribution < 1.29 is 19.0 Å². The molecule has 0 saturated heterocycles. The van der Waals surface area contributed by atoms with Gasteiger partial charge in [0.25, 0.3) is 5.91 Å². The number of methoxy groups -OCH3 is 3. The van der Waals surface area contributed by atoms with Crippen LogP contribution in [-0.2, 0) is 6.42 Å². The van der Waals surface area contributed by atoms with E-state index in [4.69, 9.17) is 14.2 Å². The lowest BCUT2D eigenvalue weighted by atomic mass is 10.0. The van der Waals surface area contributed by atoms with Crippen molar-refractivity contribution in [1.82, 2.24) is 10.2 Å². The highest BCUT2D eigenvalue weighted by Gasteiger charge is 2.22. The molecule has 2 rings (SSSR count). The van der Waals surface area contributed by atoms with Gasteiger partial charge in [0.05, 0.1) is 32.9 Å². The molecule has 6 nitrogen and oxygen atoms in total. The standard InChI is InChI=1S/C22H30N2O4/c1-7-15-8-10-16(11-9-15)18(24(2)3)14-23-22(25)17-12-13-19(26-4)21(28-6)20(17)27-5/h8-13,18H,7,14H2,1-6H3,(H,23,25)/t18-/m1/s1. The van der Waals surface area contributed by atoms with Crippen molar-refractivity contribution in [1.29, 1.82) is 0 Å². The monoisotopic (exact) mass is 386 g/mol. The maximum absolute atomic E-state index is 12.8. The fraction of sp³-hybridized carbons (Fsp3) is 0.409. The summed E-state index contributed by atoms with van der Waals surface area (Å²) in [6, 6.07) is 11.9. The molecule has 1 amide bonds. The number of ether oxygens (including phenoxy) is 3. The molecule has 0 aliphatic heterocycles. The number of hydrogen-bond donors (Lipinski definition) is 1. The number of benzene rings is 2. The maximum Gasteiger partial charge on any atom is 0.255 e. The first-order valence-electron chi connectivity index (χ1n) is 9.29. The van der Waals surface area contributed by atoms with E-state index in [2.05, 4.69) is 41.4 Å². The molecule has 0 heterocycles. The molecule has 6 heteroatoms. The SMILES string of the molecule is CCc1ccc([C@@H](CNC(=O)c2ccc(OC)c(OC)c2OC)N(C)C)cc1. The first-order valence-corrected chi connectivity index (χ1v) is 9.29. The van der Waals surface area contributed by atoms with Crippen molar-refractivity contribution in [2.24, 2.45) is 0 Å². The Balaban J connectivity index is 2.21. The molecule has 0 saturated carbocycles. The Morgan fingerprint density at radius 2 is 1.61 bits per heavy atom. The van der Waals surface area contributed by atoms with Crippen LogP contribution in [0.5, 0.6) is 17.2 Å². The molecule has 152 valence electrons. The number of carbonyl (C=O) groups excluding carboxylic acids is 1. The van der Waals surface area contributed by atoms with Gasteiger partial charge in [0.15, 0.2) is 11.5 Å². The second-order valence-electron chi connectivity index (χ2n) is 6.67. The van der Waals surface area contributed by atoms with Crippen LogP contribution in [0.15, 0.2) is 36.4 Å². The van der Waals surface area contributed by atoms with Crippen molar-refractivity contribution in [3.63, 3.8) is 0 Å². The van der Waals surface area contributed by atoms with Crippen LogP contribution in [0, 0.1) is 0 Å². The van der Waals surface area contributed by atoms with Gasteiger partial charge in [-0.05, 0) is 43.8 Å². The number of nitrogens with one attached hydrogen (secondary N) is 1. The van der Waals surface area contributed by atoms with Crippen molar-refractivity contribution in [3.8, 4) is 17.2 Å². The molecular weight excluding hydrogens is 356 g/mol. The summed E-state index contributed by atoms with van der Waals surface area (Å²) in [6.07, 6.45) is 1.00. The third-order valence-electron chi connectivity index (χ3n) is 4.80. The average molecular weight is 386 g/mol. The molecule has 0 radical (unpaired) electrons. The summed E-state index contributed by atoms with van der Waals surface area (Å²) in [6.45, 7) is 2.60. The lowest BCUT2D eigenvalue weighted by Gasteiger charge is -2.25. The van der Waals surface area contributed by atoms with Crippen LogP contribution in [0.1, 0.15) is 34.5 Å². The van der Waals surface area contributed by atoms with Crippen LogP contribution in [0.3, 0.4) is 0 Å². The summed E-state index contributed by atoms with van der Waals surface area (Å²) < 4.78 is 16.1. The Kier molecular flexibility index (Phi) is 7.70. The van der Waals surface area contributed by atoms with Crippen LogP contribution in [-0.4, -0.2) is 52.8 Å². The van der Waals surface area contributed by atoms with Gasteiger partial charge in [0.1, 0.15) is 0 Å². The van der Waals surface area contributed by atoms with E-state index >= 15 is 0 Å². The van der Waals surface area contributed by atoms with E-state index in [0.717, 1.165) is 12.0 Å². The molecule has 0 spiro atoms. The topological polar surface area (TPSA) is 60.0 Å². The van der Waals surface area contributed by atoms with Gasteiger partial charge in [0.2, 0.25) is 5.75 Å². The molecule has 2 aromatic carbocycles. The minimum absolute atomic E-state index is 0.0565. The summed E-state index contributed by atoms with van der Waals surface area (Å²) in [5.41, 5.74) is 2.85. The zero-order valence-electron chi connectivity index (χ0n) is 17.5. The highest BCUT2D eigenvalue weighted by molar-refractivity contribution is 5.98. The minimum Gasteiger partial charge on any atom is -0.493 e. The lowest BCUT2D eigenvalue weighted by Crippen LogP contribution is -2.34. The van der Waals surface area contributed by atoms with E-state index in [1.54, 1.807) is 19.2 Å². The number of hydrogen-bond acceptors (Lipinski definition) is 5. The normalized spacial score (nSPS) is 11.8. The zero-order chi connectivity index (χ0) is 20.7. The van der Waals surface area contributed by atoms with Gasteiger partial charge in [-0.15, -0.1) is 0 Å². The molecule has 0 fully saturated rings. The van der Waals surface area contributed by atoms with Crippen molar-refractivity contribution in [2.75, 3.05) is 42.0 Å². The van der Waals surface area contributed by atoms with Crippen molar-refractivity contribution in [2.45, 2.75) is 19.4 Å². The van der Waals surface area contributed by atoms with Gasteiger partial charge in [0, 0.05) is 6.54 Å². The molecular formula is C22H30N2O4. The number of nitrogens with zero attached hydrogens (tertiary/aromatic N) is 1. The molecule has 0 aliphatic rings. The Morgan fingerprint density at radius 3 is 2.11 bits per heavy atom. The molecule has 0 bridgehead atoms. The molecule has 1 atom stereocenters. The fourth-order valence-corrected chi connectivity index (χ4v) is 3.14. The van der Waals surface area contributed by atoms with Crippen LogP contribution in [0.2, 0.25) is 0 Å². The number of aryl methyl sites for hydroxylation is 1. The predicted molar refractivity (Wildman–Crippen MR) is 111 cm³/mol. The first kappa shape index (κ1) is 21.6. The predicted octanol–water partition coefficient (Wildman–Crippen LogP) is 3.31. The molecule has 2 aromatic rings. The van der Waals surface area contributed by atoms with E-state index < -0.39 is 0 Å².